The zero-order valence-electron chi connectivity index (χ0n) is 11.2. The molecular formula is C14H14N4O2. The van der Waals surface area contributed by atoms with Gasteiger partial charge in [-0.2, -0.15) is 5.10 Å². The van der Waals surface area contributed by atoms with Crippen molar-refractivity contribution < 1.29 is 9.47 Å². The molecule has 0 unspecified atom stereocenters. The smallest absolute Gasteiger partial charge is 0.245 e. The molecule has 0 fully saturated rings. The third-order valence-corrected chi connectivity index (χ3v) is 2.87. The highest BCUT2D eigenvalue weighted by Crippen LogP contribution is 2.33. The van der Waals surface area contributed by atoms with Crippen LogP contribution in [-0.4, -0.2) is 21.7 Å². The van der Waals surface area contributed by atoms with E-state index >= 15 is 0 Å². The van der Waals surface area contributed by atoms with E-state index in [9.17, 15) is 0 Å². The number of hydrogen-bond acceptors (Lipinski definition) is 5. The molecular weight excluding hydrogens is 256 g/mol. The Hall–Kier alpha value is -2.76. The SMILES string of the molecule is COc1ccc(N)cc1Oc1nccn2nc(C)cc12. The highest BCUT2D eigenvalue weighted by atomic mass is 16.5. The van der Waals surface area contributed by atoms with Gasteiger partial charge >= 0.3 is 0 Å². The van der Waals surface area contributed by atoms with Crippen LogP contribution in [0.5, 0.6) is 17.4 Å². The van der Waals surface area contributed by atoms with Crippen LogP contribution in [0.15, 0.2) is 36.7 Å². The first kappa shape index (κ1) is 12.3. The molecule has 0 atom stereocenters. The lowest BCUT2D eigenvalue weighted by molar-refractivity contribution is 0.375. The van der Waals surface area contributed by atoms with Gasteiger partial charge < -0.3 is 15.2 Å². The van der Waals surface area contributed by atoms with Gasteiger partial charge in [-0.25, -0.2) is 9.50 Å². The van der Waals surface area contributed by atoms with Gasteiger partial charge in [0.15, 0.2) is 11.5 Å². The fourth-order valence-electron chi connectivity index (χ4n) is 1.98. The third kappa shape index (κ3) is 2.11. The molecule has 0 aliphatic carbocycles. The van der Waals surface area contributed by atoms with Gasteiger partial charge in [0.1, 0.15) is 5.52 Å². The molecule has 0 aliphatic rings. The lowest BCUT2D eigenvalue weighted by atomic mass is 10.3. The number of fused-ring (bicyclic) bond motifs is 1. The Morgan fingerprint density at radius 3 is 2.85 bits per heavy atom. The second-order valence-electron chi connectivity index (χ2n) is 4.36. The Morgan fingerprint density at radius 2 is 2.05 bits per heavy atom. The fraction of sp³-hybridized carbons (Fsp3) is 0.143. The van der Waals surface area contributed by atoms with Crippen molar-refractivity contribution in [3.63, 3.8) is 0 Å². The summed E-state index contributed by atoms with van der Waals surface area (Å²) in [7, 11) is 1.58. The summed E-state index contributed by atoms with van der Waals surface area (Å²) in [6.45, 7) is 1.91. The average Bonchev–Trinajstić information content (AvgIpc) is 2.80. The zero-order chi connectivity index (χ0) is 14.1. The Bertz CT molecular complexity index is 767. The van der Waals surface area contributed by atoms with E-state index in [4.69, 9.17) is 15.2 Å². The second-order valence-corrected chi connectivity index (χ2v) is 4.36. The van der Waals surface area contributed by atoms with E-state index in [2.05, 4.69) is 10.1 Å². The third-order valence-electron chi connectivity index (χ3n) is 2.87. The topological polar surface area (TPSA) is 74.7 Å². The summed E-state index contributed by atoms with van der Waals surface area (Å²) in [5.41, 5.74) is 8.05. The first-order chi connectivity index (χ1) is 9.67. The van der Waals surface area contributed by atoms with E-state index in [1.807, 2.05) is 13.0 Å². The van der Waals surface area contributed by atoms with Crippen LogP contribution in [0.4, 0.5) is 5.69 Å². The molecule has 0 spiro atoms. The minimum atomic E-state index is 0.456. The van der Waals surface area contributed by atoms with Crippen molar-refractivity contribution in [2.24, 2.45) is 0 Å². The Labute approximate surface area is 115 Å². The maximum absolute atomic E-state index is 5.83. The molecule has 2 aromatic heterocycles. The van der Waals surface area contributed by atoms with E-state index in [0.717, 1.165) is 11.2 Å². The van der Waals surface area contributed by atoms with Crippen LogP contribution < -0.4 is 15.2 Å². The van der Waals surface area contributed by atoms with E-state index in [-0.39, 0.29) is 0 Å². The monoisotopic (exact) mass is 270 g/mol. The molecule has 0 aliphatic heterocycles. The number of methoxy groups -OCH3 is 1. The van der Waals surface area contributed by atoms with Crippen LogP contribution in [-0.2, 0) is 0 Å². The summed E-state index contributed by atoms with van der Waals surface area (Å²) in [6.07, 6.45) is 3.40. The minimum absolute atomic E-state index is 0.456. The number of rotatable bonds is 3. The minimum Gasteiger partial charge on any atom is -0.493 e. The molecule has 0 amide bonds. The van der Waals surface area contributed by atoms with Gasteiger partial charge in [-0.05, 0) is 25.1 Å². The van der Waals surface area contributed by atoms with Gasteiger partial charge in [-0.1, -0.05) is 0 Å². The van der Waals surface area contributed by atoms with Gasteiger partial charge in [-0.15, -0.1) is 0 Å². The molecule has 3 rings (SSSR count). The Kier molecular flexibility index (Phi) is 2.90. The molecule has 20 heavy (non-hydrogen) atoms. The largest absolute Gasteiger partial charge is 0.493 e. The standard InChI is InChI=1S/C14H14N4O2/c1-9-7-11-14(16-5-6-18(11)17-9)20-13-8-10(15)3-4-12(13)19-2/h3-8H,15H2,1-2H3. The molecule has 1 aromatic carbocycles. The van der Waals surface area contributed by atoms with Crippen LogP contribution in [0, 0.1) is 6.92 Å². The number of nitrogen functional groups attached to an aromatic ring is 1. The van der Waals surface area contributed by atoms with Gasteiger partial charge in [0.25, 0.3) is 0 Å². The summed E-state index contributed by atoms with van der Waals surface area (Å²) in [6, 6.07) is 7.11. The molecule has 0 bridgehead atoms. The quantitative estimate of drug-likeness (QED) is 0.740. The van der Waals surface area contributed by atoms with Crippen LogP contribution in [0.3, 0.4) is 0 Å². The normalized spacial score (nSPS) is 10.7. The molecule has 3 aromatic rings. The number of benzene rings is 1. The molecule has 0 saturated carbocycles. The molecule has 6 heteroatoms. The number of aromatic nitrogens is 3. The van der Waals surface area contributed by atoms with Gasteiger partial charge in [0, 0.05) is 24.1 Å². The van der Waals surface area contributed by atoms with Crippen molar-refractivity contribution in [3.8, 4) is 17.4 Å². The van der Waals surface area contributed by atoms with Crippen molar-refractivity contribution >= 4 is 11.2 Å². The molecule has 2 N–H and O–H groups in total. The number of anilines is 1. The summed E-state index contributed by atoms with van der Waals surface area (Å²) >= 11 is 0. The van der Waals surface area contributed by atoms with Gasteiger partial charge in [0.05, 0.1) is 12.8 Å². The van der Waals surface area contributed by atoms with Crippen LogP contribution in [0.1, 0.15) is 5.69 Å². The van der Waals surface area contributed by atoms with E-state index in [1.165, 1.54) is 0 Å². The van der Waals surface area contributed by atoms with Gasteiger partial charge in [0.2, 0.25) is 5.88 Å². The Morgan fingerprint density at radius 1 is 1.20 bits per heavy atom. The summed E-state index contributed by atoms with van der Waals surface area (Å²) < 4.78 is 12.8. The number of nitrogens with zero attached hydrogens (tertiary/aromatic N) is 3. The second kappa shape index (κ2) is 4.73. The highest BCUT2D eigenvalue weighted by Gasteiger charge is 2.11. The van der Waals surface area contributed by atoms with Crippen LogP contribution in [0.25, 0.3) is 5.52 Å². The number of nitrogens with two attached hydrogens (primary N) is 1. The molecule has 0 radical (unpaired) electrons. The average molecular weight is 270 g/mol. The van der Waals surface area contributed by atoms with Crippen LogP contribution in [0.2, 0.25) is 0 Å². The first-order valence-electron chi connectivity index (χ1n) is 6.10. The number of ether oxygens (including phenoxy) is 2. The molecule has 0 saturated heterocycles. The van der Waals surface area contributed by atoms with Crippen molar-refractivity contribution in [2.45, 2.75) is 6.92 Å². The zero-order valence-corrected chi connectivity index (χ0v) is 11.2. The summed E-state index contributed by atoms with van der Waals surface area (Å²) in [4.78, 5) is 4.24. The molecule has 6 nitrogen and oxygen atoms in total. The first-order valence-corrected chi connectivity index (χ1v) is 6.10. The number of hydrogen-bond donors (Lipinski definition) is 1. The van der Waals surface area contributed by atoms with Gasteiger partial charge in [-0.3, -0.25) is 0 Å². The maximum atomic E-state index is 5.83. The van der Waals surface area contributed by atoms with E-state index in [0.29, 0.717) is 23.1 Å². The van der Waals surface area contributed by atoms with E-state index < -0.39 is 0 Å². The maximum Gasteiger partial charge on any atom is 0.245 e. The Balaban J connectivity index is 2.07. The summed E-state index contributed by atoms with van der Waals surface area (Å²) in [5.74, 6) is 1.57. The van der Waals surface area contributed by atoms with Crippen LogP contribution >= 0.6 is 0 Å². The van der Waals surface area contributed by atoms with Crippen molar-refractivity contribution in [1.29, 1.82) is 0 Å². The summed E-state index contributed by atoms with van der Waals surface area (Å²) in [5, 5.41) is 4.32. The lowest BCUT2D eigenvalue weighted by Gasteiger charge is -2.10. The van der Waals surface area contributed by atoms with Crippen molar-refractivity contribution in [3.05, 3.63) is 42.4 Å². The predicted octanol–water partition coefficient (Wildman–Crippen LogP) is 2.42. The highest BCUT2D eigenvalue weighted by molar-refractivity contribution is 5.60. The molecule has 2 heterocycles. The van der Waals surface area contributed by atoms with Crippen molar-refractivity contribution in [1.82, 2.24) is 14.6 Å². The van der Waals surface area contributed by atoms with E-state index in [1.54, 1.807) is 42.2 Å². The fourth-order valence-corrected chi connectivity index (χ4v) is 1.98. The van der Waals surface area contributed by atoms with Crippen molar-refractivity contribution in [2.75, 3.05) is 12.8 Å². The predicted molar refractivity (Wildman–Crippen MR) is 75.2 cm³/mol. The number of aryl methyl sites for hydroxylation is 1. The molecule has 102 valence electrons. The lowest BCUT2D eigenvalue weighted by Crippen LogP contribution is -1.96.